The van der Waals surface area contributed by atoms with E-state index < -0.39 is 0 Å². The van der Waals surface area contributed by atoms with Gasteiger partial charge in [0.15, 0.2) is 0 Å². The van der Waals surface area contributed by atoms with Gasteiger partial charge in [0.1, 0.15) is 0 Å². The van der Waals surface area contributed by atoms with E-state index in [4.69, 9.17) is 5.73 Å². The summed E-state index contributed by atoms with van der Waals surface area (Å²) in [6, 6.07) is 8.63. The van der Waals surface area contributed by atoms with Crippen LogP contribution in [-0.2, 0) is 0 Å². The average molecular weight is 254 g/mol. The lowest BCUT2D eigenvalue weighted by Gasteiger charge is -2.17. The molecule has 1 unspecified atom stereocenters. The Kier molecular flexibility index (Phi) is 2.67. The molecule has 76 valence electrons. The maximum atomic E-state index is 6.13. The third kappa shape index (κ3) is 2.18. The highest BCUT2D eigenvalue weighted by atomic mass is 79.9. The van der Waals surface area contributed by atoms with Crippen molar-refractivity contribution in [2.75, 3.05) is 0 Å². The van der Waals surface area contributed by atoms with Gasteiger partial charge in [-0.3, -0.25) is 0 Å². The molecular weight excluding hydrogens is 238 g/mol. The van der Waals surface area contributed by atoms with Crippen LogP contribution in [0, 0.1) is 0 Å². The predicted molar refractivity (Wildman–Crippen MR) is 63.3 cm³/mol. The molecule has 1 aromatic carbocycles. The third-order valence-electron chi connectivity index (χ3n) is 3.12. The summed E-state index contributed by atoms with van der Waals surface area (Å²) in [7, 11) is 0. The molecule has 2 atom stereocenters. The second-order valence-electron chi connectivity index (χ2n) is 4.65. The van der Waals surface area contributed by atoms with E-state index in [1.807, 2.05) is 0 Å². The molecule has 0 aromatic heterocycles. The molecule has 0 radical (unpaired) electrons. The summed E-state index contributed by atoms with van der Waals surface area (Å²) in [6.45, 7) is 2.16. The molecule has 2 rings (SSSR count). The largest absolute Gasteiger partial charge is 0.325 e. The molecule has 2 heteroatoms. The van der Waals surface area contributed by atoms with Crippen LogP contribution in [0.15, 0.2) is 28.7 Å². The van der Waals surface area contributed by atoms with E-state index in [1.54, 1.807) is 0 Å². The molecule has 1 aliphatic carbocycles. The van der Waals surface area contributed by atoms with Gasteiger partial charge >= 0.3 is 0 Å². The first kappa shape index (κ1) is 10.2. The van der Waals surface area contributed by atoms with Crippen molar-refractivity contribution < 1.29 is 0 Å². The molecule has 0 aliphatic heterocycles. The van der Waals surface area contributed by atoms with Crippen LogP contribution >= 0.6 is 15.9 Å². The maximum Gasteiger partial charge on any atom is 0.0175 e. The minimum absolute atomic E-state index is 0.0533. The summed E-state index contributed by atoms with van der Waals surface area (Å²) in [5.74, 6) is 0.665. The molecule has 0 amide bonds. The molecule has 2 N–H and O–H groups in total. The highest BCUT2D eigenvalue weighted by Crippen LogP contribution is 2.39. The van der Waals surface area contributed by atoms with Crippen molar-refractivity contribution in [1.82, 2.24) is 0 Å². The normalized spacial score (nSPS) is 32.1. The van der Waals surface area contributed by atoms with Gasteiger partial charge in [-0.05, 0) is 49.8 Å². The van der Waals surface area contributed by atoms with E-state index in [1.165, 1.54) is 12.0 Å². The number of rotatable bonds is 1. The first-order valence-corrected chi connectivity index (χ1v) is 5.90. The fourth-order valence-electron chi connectivity index (χ4n) is 2.29. The van der Waals surface area contributed by atoms with Crippen LogP contribution in [0.2, 0.25) is 0 Å². The van der Waals surface area contributed by atoms with Gasteiger partial charge in [0.2, 0.25) is 0 Å². The molecule has 14 heavy (non-hydrogen) atoms. The lowest BCUT2D eigenvalue weighted by molar-refractivity contribution is 0.479. The topological polar surface area (TPSA) is 26.0 Å². The predicted octanol–water partition coefficient (Wildman–Crippen LogP) is 3.43. The van der Waals surface area contributed by atoms with Crippen LogP contribution in [0.25, 0.3) is 0 Å². The van der Waals surface area contributed by atoms with Gasteiger partial charge in [-0.25, -0.2) is 0 Å². The van der Waals surface area contributed by atoms with E-state index in [0.29, 0.717) is 5.92 Å². The minimum atomic E-state index is 0.0533. The van der Waals surface area contributed by atoms with Gasteiger partial charge in [-0.2, -0.15) is 0 Å². The van der Waals surface area contributed by atoms with Crippen molar-refractivity contribution in [3.8, 4) is 0 Å². The summed E-state index contributed by atoms with van der Waals surface area (Å²) in [5.41, 5.74) is 7.61. The average Bonchev–Trinajstić information content (AvgIpc) is 2.47. The number of halogens is 1. The fourth-order valence-corrected chi connectivity index (χ4v) is 2.55. The Morgan fingerprint density at radius 3 is 2.50 bits per heavy atom. The number of hydrogen-bond acceptors (Lipinski definition) is 1. The molecule has 0 heterocycles. The van der Waals surface area contributed by atoms with Crippen LogP contribution in [0.4, 0.5) is 0 Å². The van der Waals surface area contributed by atoms with Crippen LogP contribution in [0.1, 0.15) is 37.7 Å². The highest BCUT2D eigenvalue weighted by Gasteiger charge is 2.31. The van der Waals surface area contributed by atoms with Crippen LogP contribution in [-0.4, -0.2) is 5.54 Å². The van der Waals surface area contributed by atoms with E-state index in [2.05, 4.69) is 47.1 Å². The monoisotopic (exact) mass is 253 g/mol. The van der Waals surface area contributed by atoms with Gasteiger partial charge in [0.05, 0.1) is 0 Å². The molecule has 0 bridgehead atoms. The zero-order valence-electron chi connectivity index (χ0n) is 8.46. The van der Waals surface area contributed by atoms with Crippen LogP contribution < -0.4 is 5.73 Å². The van der Waals surface area contributed by atoms with E-state index in [9.17, 15) is 0 Å². The quantitative estimate of drug-likeness (QED) is 0.816. The van der Waals surface area contributed by atoms with Gasteiger partial charge in [-0.1, -0.05) is 28.1 Å². The number of nitrogens with two attached hydrogens (primary N) is 1. The summed E-state index contributed by atoms with van der Waals surface area (Å²) >= 11 is 3.45. The van der Waals surface area contributed by atoms with Gasteiger partial charge < -0.3 is 5.73 Å². The summed E-state index contributed by atoms with van der Waals surface area (Å²) < 4.78 is 1.15. The Balaban J connectivity index is 2.14. The lowest BCUT2D eigenvalue weighted by Crippen LogP contribution is -2.32. The van der Waals surface area contributed by atoms with Crippen LogP contribution in [0.5, 0.6) is 0 Å². The maximum absolute atomic E-state index is 6.13. The Bertz CT molecular complexity index is 316. The van der Waals surface area contributed by atoms with Crippen molar-refractivity contribution >= 4 is 15.9 Å². The van der Waals surface area contributed by atoms with Crippen molar-refractivity contribution in [2.24, 2.45) is 5.73 Å². The van der Waals surface area contributed by atoms with Gasteiger partial charge in [-0.15, -0.1) is 0 Å². The number of benzene rings is 1. The zero-order chi connectivity index (χ0) is 10.2. The molecule has 1 aromatic rings. The van der Waals surface area contributed by atoms with Crippen molar-refractivity contribution in [3.05, 3.63) is 34.3 Å². The Labute approximate surface area is 93.8 Å². The van der Waals surface area contributed by atoms with Crippen molar-refractivity contribution in [2.45, 2.75) is 37.6 Å². The van der Waals surface area contributed by atoms with Gasteiger partial charge in [0, 0.05) is 10.0 Å². The smallest absolute Gasteiger partial charge is 0.0175 e. The summed E-state index contributed by atoms with van der Waals surface area (Å²) in [6.07, 6.45) is 3.50. The summed E-state index contributed by atoms with van der Waals surface area (Å²) in [5, 5.41) is 0. The summed E-state index contributed by atoms with van der Waals surface area (Å²) in [4.78, 5) is 0. The highest BCUT2D eigenvalue weighted by molar-refractivity contribution is 9.10. The van der Waals surface area contributed by atoms with E-state index in [-0.39, 0.29) is 5.54 Å². The third-order valence-corrected chi connectivity index (χ3v) is 3.65. The number of hydrogen-bond donors (Lipinski definition) is 1. The minimum Gasteiger partial charge on any atom is -0.325 e. The standard InChI is InChI=1S/C12H16BrN/c1-12(14)7-6-10(8-12)9-2-4-11(13)5-3-9/h2-5,10H,6-8,14H2,1H3/t10-,12?/m1/s1. The van der Waals surface area contributed by atoms with E-state index in [0.717, 1.165) is 17.3 Å². The van der Waals surface area contributed by atoms with Crippen molar-refractivity contribution in [1.29, 1.82) is 0 Å². The van der Waals surface area contributed by atoms with E-state index >= 15 is 0 Å². The molecule has 1 saturated carbocycles. The van der Waals surface area contributed by atoms with Crippen LogP contribution in [0.3, 0.4) is 0 Å². The molecule has 1 aliphatic rings. The zero-order valence-corrected chi connectivity index (χ0v) is 10.0. The Morgan fingerprint density at radius 1 is 1.36 bits per heavy atom. The van der Waals surface area contributed by atoms with Crippen molar-refractivity contribution in [3.63, 3.8) is 0 Å². The first-order chi connectivity index (χ1) is 6.57. The van der Waals surface area contributed by atoms with Gasteiger partial charge in [0.25, 0.3) is 0 Å². The second kappa shape index (κ2) is 3.67. The molecular formula is C12H16BrN. The Morgan fingerprint density at radius 2 is 2.00 bits per heavy atom. The fraction of sp³-hybridized carbons (Fsp3) is 0.500. The SMILES string of the molecule is CC1(N)CC[C@@H](c2ccc(Br)cc2)C1. The molecule has 0 saturated heterocycles. The Hall–Kier alpha value is -0.340. The molecule has 1 nitrogen and oxygen atoms in total. The first-order valence-electron chi connectivity index (χ1n) is 5.11. The second-order valence-corrected chi connectivity index (χ2v) is 5.56. The molecule has 0 spiro atoms. The lowest BCUT2D eigenvalue weighted by atomic mass is 9.94. The molecule has 1 fully saturated rings.